The second-order valence-electron chi connectivity index (χ2n) is 5.32. The Morgan fingerprint density at radius 3 is 2.53 bits per heavy atom. The van der Waals surface area contributed by atoms with Crippen molar-refractivity contribution in [2.24, 2.45) is 11.7 Å². The zero-order valence-electron chi connectivity index (χ0n) is 10.1. The van der Waals surface area contributed by atoms with Gasteiger partial charge in [-0.3, -0.25) is 0 Å². The van der Waals surface area contributed by atoms with Crippen molar-refractivity contribution in [2.75, 3.05) is 13.1 Å². The van der Waals surface area contributed by atoms with Crippen LogP contribution >= 0.6 is 0 Å². The molecule has 0 radical (unpaired) electrons. The highest BCUT2D eigenvalue weighted by Crippen LogP contribution is 2.24. The first-order valence-electron chi connectivity index (χ1n) is 5.53. The van der Waals surface area contributed by atoms with Crippen molar-refractivity contribution in [1.82, 2.24) is 4.90 Å². The number of rotatable bonds is 1. The average molecular weight is 214 g/mol. The summed E-state index contributed by atoms with van der Waals surface area (Å²) in [5, 5.41) is 0. The quantitative estimate of drug-likeness (QED) is 0.721. The lowest BCUT2D eigenvalue weighted by Crippen LogP contribution is -2.39. The molecule has 1 aliphatic rings. The Kier molecular flexibility index (Phi) is 3.60. The zero-order valence-corrected chi connectivity index (χ0v) is 10.1. The second-order valence-corrected chi connectivity index (χ2v) is 5.32. The van der Waals surface area contributed by atoms with Crippen molar-refractivity contribution >= 4 is 6.09 Å². The standard InChI is InChI=1S/C11H22N2O2/c1-8-5-9(6-12)7-13(8)10(14)15-11(2,3)4/h8-9H,5-7,12H2,1-4H3/t8-,9-/m0/s1. The molecule has 1 saturated heterocycles. The molecule has 0 aromatic heterocycles. The van der Waals surface area contributed by atoms with Crippen LogP contribution in [0.2, 0.25) is 0 Å². The van der Waals surface area contributed by atoms with E-state index in [1.807, 2.05) is 27.7 Å². The third kappa shape index (κ3) is 3.38. The summed E-state index contributed by atoms with van der Waals surface area (Å²) in [6.45, 7) is 9.06. The highest BCUT2D eigenvalue weighted by molar-refractivity contribution is 5.68. The summed E-state index contributed by atoms with van der Waals surface area (Å²) in [5.74, 6) is 0.424. The molecule has 1 fully saturated rings. The summed E-state index contributed by atoms with van der Waals surface area (Å²) in [4.78, 5) is 13.6. The lowest BCUT2D eigenvalue weighted by molar-refractivity contribution is 0.0234. The third-order valence-corrected chi connectivity index (χ3v) is 2.62. The van der Waals surface area contributed by atoms with Crippen LogP contribution in [0.3, 0.4) is 0 Å². The minimum absolute atomic E-state index is 0.217. The Labute approximate surface area is 91.8 Å². The van der Waals surface area contributed by atoms with E-state index in [9.17, 15) is 4.79 Å². The molecule has 0 aromatic rings. The van der Waals surface area contributed by atoms with E-state index < -0.39 is 5.60 Å². The minimum atomic E-state index is -0.419. The van der Waals surface area contributed by atoms with Gasteiger partial charge >= 0.3 is 6.09 Å². The Hall–Kier alpha value is -0.770. The highest BCUT2D eigenvalue weighted by Gasteiger charge is 2.34. The van der Waals surface area contributed by atoms with Crippen molar-refractivity contribution < 1.29 is 9.53 Å². The van der Waals surface area contributed by atoms with Gasteiger partial charge in [0.25, 0.3) is 0 Å². The van der Waals surface area contributed by atoms with Gasteiger partial charge in [-0.15, -0.1) is 0 Å². The van der Waals surface area contributed by atoms with Gasteiger partial charge in [0, 0.05) is 12.6 Å². The number of amides is 1. The normalized spacial score (nSPS) is 26.9. The molecular formula is C11H22N2O2. The molecule has 0 spiro atoms. The van der Waals surface area contributed by atoms with Crippen molar-refractivity contribution in [3.8, 4) is 0 Å². The van der Waals surface area contributed by atoms with Crippen LogP contribution in [-0.2, 0) is 4.74 Å². The number of ether oxygens (including phenoxy) is 1. The molecule has 0 unspecified atom stereocenters. The first-order chi connectivity index (χ1) is 6.83. The van der Waals surface area contributed by atoms with Gasteiger partial charge in [0.2, 0.25) is 0 Å². The first-order valence-corrected chi connectivity index (χ1v) is 5.53. The third-order valence-electron chi connectivity index (χ3n) is 2.62. The molecule has 4 heteroatoms. The van der Waals surface area contributed by atoms with Crippen molar-refractivity contribution in [2.45, 2.75) is 45.8 Å². The number of nitrogens with zero attached hydrogens (tertiary/aromatic N) is 1. The van der Waals surface area contributed by atoms with Gasteiger partial charge in [0.1, 0.15) is 5.60 Å². The second kappa shape index (κ2) is 4.39. The van der Waals surface area contributed by atoms with Crippen LogP contribution in [0.1, 0.15) is 34.1 Å². The van der Waals surface area contributed by atoms with Gasteiger partial charge < -0.3 is 15.4 Å². The average Bonchev–Trinajstić information content (AvgIpc) is 2.43. The van der Waals surface area contributed by atoms with Crippen LogP contribution in [-0.4, -0.2) is 35.7 Å². The summed E-state index contributed by atoms with van der Waals surface area (Å²) in [5.41, 5.74) is 5.19. The molecule has 0 aliphatic carbocycles. The van der Waals surface area contributed by atoms with E-state index in [4.69, 9.17) is 10.5 Å². The van der Waals surface area contributed by atoms with Crippen molar-refractivity contribution in [3.63, 3.8) is 0 Å². The molecule has 15 heavy (non-hydrogen) atoms. The predicted octanol–water partition coefficient (Wildman–Crippen LogP) is 1.59. The van der Waals surface area contributed by atoms with Gasteiger partial charge in [0.05, 0.1) is 0 Å². The van der Waals surface area contributed by atoms with Crippen LogP contribution in [0.25, 0.3) is 0 Å². The Balaban J connectivity index is 2.54. The number of hydrogen-bond donors (Lipinski definition) is 1. The minimum Gasteiger partial charge on any atom is -0.444 e. The molecule has 2 atom stereocenters. The molecule has 1 rings (SSSR count). The molecule has 0 aromatic carbocycles. The molecule has 4 nitrogen and oxygen atoms in total. The lowest BCUT2D eigenvalue weighted by atomic mass is 10.1. The van der Waals surface area contributed by atoms with E-state index in [-0.39, 0.29) is 12.1 Å². The largest absolute Gasteiger partial charge is 0.444 e. The number of carbonyl (C=O) groups excluding carboxylic acids is 1. The van der Waals surface area contributed by atoms with Gasteiger partial charge in [-0.25, -0.2) is 4.79 Å². The summed E-state index contributed by atoms with van der Waals surface area (Å²) >= 11 is 0. The number of likely N-dealkylation sites (tertiary alicyclic amines) is 1. The van der Waals surface area contributed by atoms with E-state index >= 15 is 0 Å². The summed E-state index contributed by atoms with van der Waals surface area (Å²) < 4.78 is 5.33. The maximum Gasteiger partial charge on any atom is 0.410 e. The van der Waals surface area contributed by atoms with Crippen molar-refractivity contribution in [1.29, 1.82) is 0 Å². The number of nitrogens with two attached hydrogens (primary N) is 1. The van der Waals surface area contributed by atoms with Crippen LogP contribution in [0.15, 0.2) is 0 Å². The topological polar surface area (TPSA) is 55.6 Å². The van der Waals surface area contributed by atoms with Gasteiger partial charge in [0.15, 0.2) is 0 Å². The SMILES string of the molecule is C[C@H]1C[C@@H](CN)CN1C(=O)OC(C)(C)C. The van der Waals surface area contributed by atoms with E-state index in [1.165, 1.54) is 0 Å². The fourth-order valence-electron chi connectivity index (χ4n) is 1.89. The Bertz CT molecular complexity index is 235. The molecule has 88 valence electrons. The van der Waals surface area contributed by atoms with Crippen LogP contribution in [0, 0.1) is 5.92 Å². The molecular weight excluding hydrogens is 192 g/mol. The maximum absolute atomic E-state index is 11.8. The van der Waals surface area contributed by atoms with E-state index in [0.29, 0.717) is 12.5 Å². The fraction of sp³-hybridized carbons (Fsp3) is 0.909. The van der Waals surface area contributed by atoms with E-state index in [2.05, 4.69) is 0 Å². The first kappa shape index (κ1) is 12.3. The van der Waals surface area contributed by atoms with Gasteiger partial charge in [-0.1, -0.05) is 0 Å². The molecule has 1 heterocycles. The van der Waals surface area contributed by atoms with Gasteiger partial charge in [-0.05, 0) is 46.6 Å². The van der Waals surface area contributed by atoms with Crippen LogP contribution in [0.5, 0.6) is 0 Å². The summed E-state index contributed by atoms with van der Waals surface area (Å²) in [7, 11) is 0. The molecule has 1 amide bonds. The lowest BCUT2D eigenvalue weighted by Gasteiger charge is -2.27. The summed E-state index contributed by atoms with van der Waals surface area (Å²) in [6.07, 6.45) is 0.765. The monoisotopic (exact) mass is 214 g/mol. The van der Waals surface area contributed by atoms with Gasteiger partial charge in [-0.2, -0.15) is 0 Å². The molecule has 0 saturated carbocycles. The Morgan fingerprint density at radius 2 is 2.13 bits per heavy atom. The molecule has 1 aliphatic heterocycles. The zero-order chi connectivity index (χ0) is 11.6. The van der Waals surface area contributed by atoms with Crippen molar-refractivity contribution in [3.05, 3.63) is 0 Å². The number of hydrogen-bond acceptors (Lipinski definition) is 3. The van der Waals surface area contributed by atoms with Crippen LogP contribution in [0.4, 0.5) is 4.79 Å². The maximum atomic E-state index is 11.8. The van der Waals surface area contributed by atoms with Crippen LogP contribution < -0.4 is 5.73 Å². The van der Waals surface area contributed by atoms with E-state index in [1.54, 1.807) is 4.90 Å². The number of carbonyl (C=O) groups is 1. The highest BCUT2D eigenvalue weighted by atomic mass is 16.6. The predicted molar refractivity (Wildman–Crippen MR) is 59.6 cm³/mol. The molecule has 0 bridgehead atoms. The fourth-order valence-corrected chi connectivity index (χ4v) is 1.89. The van der Waals surface area contributed by atoms with E-state index in [0.717, 1.165) is 13.0 Å². The smallest absolute Gasteiger partial charge is 0.410 e. The Morgan fingerprint density at radius 1 is 1.53 bits per heavy atom. The molecule has 2 N–H and O–H groups in total. The summed E-state index contributed by atoms with van der Waals surface area (Å²) in [6, 6.07) is 0.244.